The van der Waals surface area contributed by atoms with Gasteiger partial charge in [0.05, 0.1) is 16.7 Å². The molecule has 0 bridgehead atoms. The Kier molecular flexibility index (Phi) is 5.23. The molecule has 1 amide bonds. The van der Waals surface area contributed by atoms with Gasteiger partial charge in [0.15, 0.2) is 5.65 Å². The van der Waals surface area contributed by atoms with Crippen LogP contribution in [0.15, 0.2) is 66.7 Å². The van der Waals surface area contributed by atoms with E-state index in [0.717, 1.165) is 22.4 Å². The summed E-state index contributed by atoms with van der Waals surface area (Å²) in [5.74, 6) is -0.0405. The fraction of sp³-hybridized carbons (Fsp3) is 0.115. The van der Waals surface area contributed by atoms with Crippen LogP contribution < -0.4 is 11.1 Å². The van der Waals surface area contributed by atoms with Crippen molar-refractivity contribution in [1.29, 1.82) is 0 Å². The van der Waals surface area contributed by atoms with Crippen molar-refractivity contribution in [2.24, 2.45) is 0 Å². The molecular weight excluding hydrogens is 434 g/mol. The third-order valence-corrected chi connectivity index (χ3v) is 6.12. The average molecular weight is 456 g/mol. The molecule has 6 nitrogen and oxygen atoms in total. The molecule has 0 aliphatic heterocycles. The summed E-state index contributed by atoms with van der Waals surface area (Å²) in [6.45, 7) is 4.33. The molecule has 0 aliphatic rings. The maximum Gasteiger partial charge on any atom is 0.257 e. The molecule has 0 unspecified atom stereocenters. The monoisotopic (exact) mass is 455 g/mol. The van der Waals surface area contributed by atoms with Crippen LogP contribution >= 0.6 is 11.6 Å². The molecule has 0 aliphatic carbocycles. The van der Waals surface area contributed by atoms with Crippen molar-refractivity contribution in [3.05, 3.63) is 94.0 Å². The van der Waals surface area contributed by atoms with Crippen LogP contribution in [0.25, 0.3) is 27.9 Å². The van der Waals surface area contributed by atoms with E-state index in [2.05, 4.69) is 5.32 Å². The molecule has 2 heterocycles. The summed E-state index contributed by atoms with van der Waals surface area (Å²) in [6, 6.07) is 21.2. The van der Waals surface area contributed by atoms with Gasteiger partial charge in [-0.05, 0) is 49.2 Å². The maximum atomic E-state index is 13.3. The zero-order chi connectivity index (χ0) is 23.1. The van der Waals surface area contributed by atoms with E-state index in [1.54, 1.807) is 4.57 Å². The predicted molar refractivity (Wildman–Crippen MR) is 133 cm³/mol. The summed E-state index contributed by atoms with van der Waals surface area (Å²) in [7, 11) is 0. The summed E-state index contributed by atoms with van der Waals surface area (Å²) in [4.78, 5) is 22.9. The third-order valence-electron chi connectivity index (χ3n) is 5.71. The number of nitrogens with two attached hydrogens (primary N) is 1. The second kappa shape index (κ2) is 8.22. The second-order valence-electron chi connectivity index (χ2n) is 8.08. The Bertz CT molecular complexity index is 1520. The Labute approximate surface area is 196 Å². The first kappa shape index (κ1) is 21.0. The number of para-hydroxylation sites is 2. The van der Waals surface area contributed by atoms with Gasteiger partial charge in [0.1, 0.15) is 16.9 Å². The van der Waals surface area contributed by atoms with E-state index in [4.69, 9.17) is 27.3 Å². The van der Waals surface area contributed by atoms with Crippen molar-refractivity contribution >= 4 is 45.5 Å². The number of hydrogen-bond donors (Lipinski definition) is 2. The number of fused-ring (bicyclic) bond motifs is 2. The minimum atomic E-state index is -0.306. The molecule has 0 fully saturated rings. The fourth-order valence-corrected chi connectivity index (χ4v) is 4.02. The van der Waals surface area contributed by atoms with Gasteiger partial charge < -0.3 is 11.1 Å². The Hall–Kier alpha value is -3.90. The number of anilines is 1. The molecule has 2 aromatic heterocycles. The van der Waals surface area contributed by atoms with Crippen LogP contribution in [-0.2, 0) is 6.54 Å². The van der Waals surface area contributed by atoms with Crippen molar-refractivity contribution in [3.8, 4) is 5.69 Å². The quantitative estimate of drug-likeness (QED) is 0.382. The largest absolute Gasteiger partial charge is 0.384 e. The Morgan fingerprint density at radius 3 is 2.39 bits per heavy atom. The lowest BCUT2D eigenvalue weighted by Gasteiger charge is -2.10. The van der Waals surface area contributed by atoms with Crippen molar-refractivity contribution < 1.29 is 4.79 Å². The highest BCUT2D eigenvalue weighted by molar-refractivity contribution is 6.31. The molecule has 5 rings (SSSR count). The number of amides is 1. The van der Waals surface area contributed by atoms with Gasteiger partial charge >= 0.3 is 0 Å². The molecule has 164 valence electrons. The first-order chi connectivity index (χ1) is 15.9. The van der Waals surface area contributed by atoms with E-state index >= 15 is 0 Å². The molecular formula is C26H22ClN5O. The van der Waals surface area contributed by atoms with E-state index < -0.39 is 0 Å². The molecule has 0 saturated heterocycles. The number of rotatable bonds is 4. The highest BCUT2D eigenvalue weighted by Gasteiger charge is 2.25. The van der Waals surface area contributed by atoms with E-state index in [9.17, 15) is 4.79 Å². The highest BCUT2D eigenvalue weighted by atomic mass is 35.5. The fourth-order valence-electron chi connectivity index (χ4n) is 3.84. The van der Waals surface area contributed by atoms with Crippen LogP contribution in [0.2, 0.25) is 5.02 Å². The SMILES string of the molecule is Cc1ccc(CNC(=O)c2c(N)n(-c3ccc(C)c(Cl)c3)c3nc4ccccc4nc23)cc1. The number of halogens is 1. The summed E-state index contributed by atoms with van der Waals surface area (Å²) in [5.41, 5.74) is 13.1. The normalized spacial score (nSPS) is 11.2. The zero-order valence-electron chi connectivity index (χ0n) is 18.3. The van der Waals surface area contributed by atoms with E-state index in [1.165, 1.54) is 0 Å². The number of nitrogen functional groups attached to an aromatic ring is 1. The average Bonchev–Trinajstić information content (AvgIpc) is 3.09. The van der Waals surface area contributed by atoms with Crippen LogP contribution in [0.4, 0.5) is 5.82 Å². The van der Waals surface area contributed by atoms with Crippen LogP contribution in [0.3, 0.4) is 0 Å². The second-order valence-corrected chi connectivity index (χ2v) is 8.49. The van der Waals surface area contributed by atoms with Crippen LogP contribution in [0, 0.1) is 13.8 Å². The molecule has 7 heteroatoms. The number of aryl methyl sites for hydroxylation is 2. The predicted octanol–water partition coefficient (Wildman–Crippen LogP) is 5.36. The van der Waals surface area contributed by atoms with Crippen molar-refractivity contribution in [2.45, 2.75) is 20.4 Å². The summed E-state index contributed by atoms with van der Waals surface area (Å²) >= 11 is 6.39. The van der Waals surface area contributed by atoms with Crippen LogP contribution in [-0.4, -0.2) is 20.4 Å². The standard InChI is InChI=1S/C26H22ClN5O/c1-15-7-10-17(11-8-15)14-29-26(33)22-23-25(31-21-6-4-3-5-20(21)30-23)32(24(22)28)18-12-9-16(2)19(27)13-18/h3-13H,14,28H2,1-2H3,(H,29,33). The molecule has 0 atom stereocenters. The third kappa shape index (κ3) is 3.79. The number of hydrogen-bond acceptors (Lipinski definition) is 4. The van der Waals surface area contributed by atoms with Gasteiger partial charge in [-0.3, -0.25) is 9.36 Å². The van der Waals surface area contributed by atoms with E-state index in [1.807, 2.05) is 80.6 Å². The maximum absolute atomic E-state index is 13.3. The Balaban J connectivity index is 1.66. The van der Waals surface area contributed by atoms with Crippen molar-refractivity contribution in [3.63, 3.8) is 0 Å². The molecule has 3 aromatic carbocycles. The lowest BCUT2D eigenvalue weighted by atomic mass is 10.1. The number of benzene rings is 3. The molecule has 5 aromatic rings. The summed E-state index contributed by atoms with van der Waals surface area (Å²) in [5, 5.41) is 3.58. The summed E-state index contributed by atoms with van der Waals surface area (Å²) < 4.78 is 1.74. The van der Waals surface area contributed by atoms with Gasteiger partial charge in [-0.25, -0.2) is 9.97 Å². The molecule has 0 saturated carbocycles. The van der Waals surface area contributed by atoms with Gasteiger partial charge in [-0.15, -0.1) is 0 Å². The Morgan fingerprint density at radius 2 is 1.70 bits per heavy atom. The molecule has 3 N–H and O–H groups in total. The lowest BCUT2D eigenvalue weighted by Crippen LogP contribution is -2.24. The first-order valence-electron chi connectivity index (χ1n) is 10.6. The van der Waals surface area contributed by atoms with Gasteiger partial charge in [0, 0.05) is 11.6 Å². The number of nitrogens with zero attached hydrogens (tertiary/aromatic N) is 3. The van der Waals surface area contributed by atoms with Gasteiger partial charge in [-0.2, -0.15) is 0 Å². The molecule has 33 heavy (non-hydrogen) atoms. The topological polar surface area (TPSA) is 85.8 Å². The van der Waals surface area contributed by atoms with Crippen LogP contribution in [0.1, 0.15) is 27.0 Å². The van der Waals surface area contributed by atoms with Gasteiger partial charge in [-0.1, -0.05) is 59.6 Å². The molecule has 0 radical (unpaired) electrons. The van der Waals surface area contributed by atoms with Gasteiger partial charge in [0.2, 0.25) is 0 Å². The number of aromatic nitrogens is 3. The van der Waals surface area contributed by atoms with Crippen molar-refractivity contribution in [1.82, 2.24) is 19.9 Å². The lowest BCUT2D eigenvalue weighted by molar-refractivity contribution is 0.0953. The van der Waals surface area contributed by atoms with Gasteiger partial charge in [0.25, 0.3) is 5.91 Å². The number of carbonyl (C=O) groups excluding carboxylic acids is 1. The highest BCUT2D eigenvalue weighted by Crippen LogP contribution is 2.32. The minimum Gasteiger partial charge on any atom is -0.384 e. The minimum absolute atomic E-state index is 0.265. The smallest absolute Gasteiger partial charge is 0.257 e. The van der Waals surface area contributed by atoms with Crippen LogP contribution in [0.5, 0.6) is 0 Å². The Morgan fingerprint density at radius 1 is 1.00 bits per heavy atom. The zero-order valence-corrected chi connectivity index (χ0v) is 19.0. The molecule has 0 spiro atoms. The first-order valence-corrected chi connectivity index (χ1v) is 11.0. The van der Waals surface area contributed by atoms with E-state index in [0.29, 0.717) is 39.3 Å². The number of nitrogens with one attached hydrogen (secondary N) is 1. The van der Waals surface area contributed by atoms with Crippen molar-refractivity contribution in [2.75, 3.05) is 5.73 Å². The summed E-state index contributed by atoms with van der Waals surface area (Å²) in [6.07, 6.45) is 0. The number of carbonyl (C=O) groups is 1. The van der Waals surface area contributed by atoms with E-state index in [-0.39, 0.29) is 11.7 Å².